The monoisotopic (exact) mass is 210 g/mol. The minimum absolute atomic E-state index is 0.295. The zero-order valence-corrected chi connectivity index (χ0v) is 9.01. The molecule has 0 saturated carbocycles. The van der Waals surface area contributed by atoms with Crippen LogP contribution in [0.1, 0.15) is 5.56 Å². The van der Waals surface area contributed by atoms with Gasteiger partial charge in [0.05, 0.1) is 12.1 Å². The highest BCUT2D eigenvalue weighted by Gasteiger charge is 2.25. The van der Waals surface area contributed by atoms with Crippen LogP contribution in [-0.4, -0.2) is 17.9 Å². The zero-order valence-electron chi connectivity index (χ0n) is 9.01. The molecule has 0 aromatic heterocycles. The van der Waals surface area contributed by atoms with Gasteiger partial charge in [0.15, 0.2) is 0 Å². The summed E-state index contributed by atoms with van der Waals surface area (Å²) in [6.07, 6.45) is 9.37. The fourth-order valence-corrected chi connectivity index (χ4v) is 2.15. The number of rotatable bonds is 2. The normalized spacial score (nSPS) is 26.1. The first-order valence-electron chi connectivity index (χ1n) is 5.64. The van der Waals surface area contributed by atoms with Gasteiger partial charge in [0.2, 0.25) is 0 Å². The van der Waals surface area contributed by atoms with Gasteiger partial charge in [-0.05, 0) is 5.56 Å². The summed E-state index contributed by atoms with van der Waals surface area (Å²) >= 11 is 0. The van der Waals surface area contributed by atoms with Crippen molar-refractivity contribution in [1.29, 1.82) is 0 Å². The number of amidine groups is 1. The van der Waals surface area contributed by atoms with Crippen molar-refractivity contribution in [1.82, 2.24) is 5.32 Å². The van der Waals surface area contributed by atoms with Crippen molar-refractivity contribution in [3.8, 4) is 0 Å². The van der Waals surface area contributed by atoms with Crippen LogP contribution in [0.25, 0.3) is 0 Å². The maximum absolute atomic E-state index is 4.67. The van der Waals surface area contributed by atoms with Crippen LogP contribution in [0, 0.1) is 0 Å². The quantitative estimate of drug-likeness (QED) is 0.794. The Morgan fingerprint density at radius 2 is 1.88 bits per heavy atom. The molecule has 3 rings (SSSR count). The first kappa shape index (κ1) is 9.40. The Morgan fingerprint density at radius 1 is 1.06 bits per heavy atom. The Morgan fingerprint density at radius 3 is 2.69 bits per heavy atom. The lowest BCUT2D eigenvalue weighted by Crippen LogP contribution is -2.33. The number of hydrogen-bond acceptors (Lipinski definition) is 2. The van der Waals surface area contributed by atoms with Crippen molar-refractivity contribution in [3.63, 3.8) is 0 Å². The molecule has 1 aromatic carbocycles. The maximum atomic E-state index is 4.67. The van der Waals surface area contributed by atoms with Crippen molar-refractivity contribution in [2.75, 3.05) is 0 Å². The smallest absolute Gasteiger partial charge is 0.102 e. The van der Waals surface area contributed by atoms with E-state index in [-0.39, 0.29) is 0 Å². The van der Waals surface area contributed by atoms with Gasteiger partial charge in [0, 0.05) is 6.42 Å². The minimum atomic E-state index is 0.295. The number of hydrogen-bond donors (Lipinski definition) is 1. The van der Waals surface area contributed by atoms with Crippen LogP contribution in [0.2, 0.25) is 0 Å². The molecule has 0 saturated heterocycles. The lowest BCUT2D eigenvalue weighted by atomic mass is 10.1. The summed E-state index contributed by atoms with van der Waals surface area (Å²) < 4.78 is 0. The highest BCUT2D eigenvalue weighted by atomic mass is 15.1. The predicted octanol–water partition coefficient (Wildman–Crippen LogP) is 2.09. The van der Waals surface area contributed by atoms with E-state index in [0.29, 0.717) is 12.1 Å². The van der Waals surface area contributed by atoms with Gasteiger partial charge in [0.1, 0.15) is 5.84 Å². The second-order valence-electron chi connectivity index (χ2n) is 4.17. The van der Waals surface area contributed by atoms with Gasteiger partial charge in [-0.3, -0.25) is 4.99 Å². The molecule has 1 heterocycles. The fraction of sp³-hybridized carbons (Fsp3) is 0.214. The first-order chi connectivity index (χ1) is 7.92. The average Bonchev–Trinajstić information content (AvgIpc) is 2.72. The molecule has 1 aliphatic carbocycles. The van der Waals surface area contributed by atoms with Crippen LogP contribution in [0.15, 0.2) is 59.6 Å². The largest absolute Gasteiger partial charge is 0.365 e. The van der Waals surface area contributed by atoms with Gasteiger partial charge in [-0.2, -0.15) is 0 Å². The van der Waals surface area contributed by atoms with Crippen molar-refractivity contribution in [2.24, 2.45) is 4.99 Å². The van der Waals surface area contributed by atoms with Gasteiger partial charge in [-0.1, -0.05) is 54.6 Å². The Balaban J connectivity index is 1.74. The average molecular weight is 210 g/mol. The maximum Gasteiger partial charge on any atom is 0.102 e. The molecule has 16 heavy (non-hydrogen) atoms. The molecule has 0 radical (unpaired) electrons. The second-order valence-corrected chi connectivity index (χ2v) is 4.17. The number of allylic oxidation sites excluding steroid dienone is 2. The van der Waals surface area contributed by atoms with Crippen LogP contribution in [0.5, 0.6) is 0 Å². The van der Waals surface area contributed by atoms with Gasteiger partial charge >= 0.3 is 0 Å². The van der Waals surface area contributed by atoms with Crippen LogP contribution >= 0.6 is 0 Å². The van der Waals surface area contributed by atoms with Gasteiger partial charge in [-0.15, -0.1) is 0 Å². The predicted molar refractivity (Wildman–Crippen MR) is 66.6 cm³/mol. The SMILES string of the molecule is C1=CC2N=C(Cc3ccccc3)NC2C=C1. The van der Waals surface area contributed by atoms with E-state index in [0.717, 1.165) is 12.3 Å². The second kappa shape index (κ2) is 3.97. The molecule has 1 aromatic rings. The summed E-state index contributed by atoms with van der Waals surface area (Å²) in [5.74, 6) is 1.09. The van der Waals surface area contributed by atoms with Crippen molar-refractivity contribution in [2.45, 2.75) is 18.5 Å². The van der Waals surface area contributed by atoms with E-state index in [2.05, 4.69) is 58.9 Å². The summed E-state index contributed by atoms with van der Waals surface area (Å²) in [5, 5.41) is 3.45. The molecule has 0 fully saturated rings. The Kier molecular flexibility index (Phi) is 2.33. The minimum Gasteiger partial charge on any atom is -0.365 e. The Bertz CT molecular complexity index is 457. The summed E-state index contributed by atoms with van der Waals surface area (Å²) in [4.78, 5) is 4.67. The van der Waals surface area contributed by atoms with Crippen LogP contribution in [0.4, 0.5) is 0 Å². The number of nitrogens with zero attached hydrogens (tertiary/aromatic N) is 1. The standard InChI is InChI=1S/C14H14N2/c1-2-6-11(7-3-1)10-14-15-12-8-4-5-9-13(12)16-14/h1-9,12-13H,10H2,(H,15,16). The molecule has 2 atom stereocenters. The highest BCUT2D eigenvalue weighted by Crippen LogP contribution is 2.15. The molecular weight excluding hydrogens is 196 g/mol. The van der Waals surface area contributed by atoms with E-state index in [1.54, 1.807) is 0 Å². The molecule has 2 aliphatic rings. The van der Waals surface area contributed by atoms with E-state index in [9.17, 15) is 0 Å². The van der Waals surface area contributed by atoms with E-state index < -0.39 is 0 Å². The summed E-state index contributed by atoms with van der Waals surface area (Å²) in [5.41, 5.74) is 1.31. The summed E-state index contributed by atoms with van der Waals surface area (Å²) in [6, 6.07) is 11.1. The number of aliphatic imine (C=N–C) groups is 1. The van der Waals surface area contributed by atoms with E-state index in [4.69, 9.17) is 0 Å². The van der Waals surface area contributed by atoms with Crippen molar-refractivity contribution >= 4 is 5.84 Å². The van der Waals surface area contributed by atoms with Crippen molar-refractivity contribution < 1.29 is 0 Å². The molecule has 2 heteroatoms. The number of benzene rings is 1. The molecular formula is C14H14N2. The number of nitrogens with one attached hydrogen (secondary N) is 1. The van der Waals surface area contributed by atoms with Crippen LogP contribution in [-0.2, 0) is 6.42 Å². The van der Waals surface area contributed by atoms with Crippen molar-refractivity contribution in [3.05, 3.63) is 60.2 Å². The molecule has 2 unspecified atom stereocenters. The zero-order chi connectivity index (χ0) is 10.8. The third-order valence-corrected chi connectivity index (χ3v) is 2.96. The molecule has 1 aliphatic heterocycles. The molecule has 2 nitrogen and oxygen atoms in total. The molecule has 0 spiro atoms. The van der Waals surface area contributed by atoms with Gasteiger partial charge in [-0.25, -0.2) is 0 Å². The van der Waals surface area contributed by atoms with Gasteiger partial charge in [0.25, 0.3) is 0 Å². The third-order valence-electron chi connectivity index (χ3n) is 2.96. The lowest BCUT2D eigenvalue weighted by Gasteiger charge is -2.13. The Hall–Kier alpha value is -1.83. The van der Waals surface area contributed by atoms with E-state index in [1.807, 2.05) is 6.07 Å². The lowest BCUT2D eigenvalue weighted by molar-refractivity contribution is 0.694. The topological polar surface area (TPSA) is 24.4 Å². The van der Waals surface area contributed by atoms with Crippen LogP contribution < -0.4 is 5.32 Å². The molecule has 1 N–H and O–H groups in total. The van der Waals surface area contributed by atoms with E-state index >= 15 is 0 Å². The summed E-state index contributed by atoms with van der Waals surface area (Å²) in [6.45, 7) is 0. The van der Waals surface area contributed by atoms with E-state index in [1.165, 1.54) is 5.56 Å². The van der Waals surface area contributed by atoms with Crippen LogP contribution in [0.3, 0.4) is 0 Å². The van der Waals surface area contributed by atoms with Gasteiger partial charge < -0.3 is 5.32 Å². The summed E-state index contributed by atoms with van der Waals surface area (Å²) in [7, 11) is 0. The molecule has 0 bridgehead atoms. The Labute approximate surface area is 95.4 Å². The fourth-order valence-electron chi connectivity index (χ4n) is 2.15. The third kappa shape index (κ3) is 1.78. The first-order valence-corrected chi connectivity index (χ1v) is 5.64. The highest BCUT2D eigenvalue weighted by molar-refractivity contribution is 5.87. The molecule has 80 valence electrons. The number of fused-ring (bicyclic) bond motifs is 1. The molecule has 0 amide bonds.